The van der Waals surface area contributed by atoms with Crippen LogP contribution in [0.25, 0.3) is 0 Å². The van der Waals surface area contributed by atoms with Crippen molar-refractivity contribution >= 4 is 40.7 Å². The highest BCUT2D eigenvalue weighted by Gasteiger charge is 2.35. The van der Waals surface area contributed by atoms with Crippen LogP contribution >= 0.6 is 23.2 Å². The summed E-state index contributed by atoms with van der Waals surface area (Å²) in [5.41, 5.74) is 0.649. The first-order valence-electron chi connectivity index (χ1n) is 7.59. The SMILES string of the molecule is O=C(Nc1ccc(Cl)c(Cl)c1)C1CCN(C(=O)C2CC2)CC1. The van der Waals surface area contributed by atoms with Crippen molar-refractivity contribution in [3.8, 4) is 0 Å². The third kappa shape index (κ3) is 3.55. The fraction of sp³-hybridized carbons (Fsp3) is 0.500. The summed E-state index contributed by atoms with van der Waals surface area (Å²) in [4.78, 5) is 26.2. The van der Waals surface area contributed by atoms with E-state index in [2.05, 4.69) is 5.32 Å². The highest BCUT2D eigenvalue weighted by atomic mass is 35.5. The molecule has 118 valence electrons. The minimum Gasteiger partial charge on any atom is -0.342 e. The molecule has 1 aromatic rings. The van der Waals surface area contributed by atoms with Crippen LogP contribution in [0.3, 0.4) is 0 Å². The number of nitrogens with one attached hydrogen (secondary N) is 1. The number of nitrogens with zero attached hydrogens (tertiary/aromatic N) is 1. The third-order valence-corrected chi connectivity index (χ3v) is 5.03. The van der Waals surface area contributed by atoms with Gasteiger partial charge in [-0.15, -0.1) is 0 Å². The monoisotopic (exact) mass is 340 g/mol. The number of halogens is 2. The van der Waals surface area contributed by atoms with Crippen molar-refractivity contribution < 1.29 is 9.59 Å². The Bertz CT molecular complexity index is 594. The number of anilines is 1. The van der Waals surface area contributed by atoms with Gasteiger partial charge in [-0.25, -0.2) is 0 Å². The number of rotatable bonds is 3. The molecule has 0 spiro atoms. The smallest absolute Gasteiger partial charge is 0.227 e. The Kier molecular flexibility index (Phi) is 4.59. The molecule has 2 amide bonds. The third-order valence-electron chi connectivity index (χ3n) is 4.29. The van der Waals surface area contributed by atoms with Gasteiger partial charge in [0.1, 0.15) is 0 Å². The molecule has 22 heavy (non-hydrogen) atoms. The average molecular weight is 341 g/mol. The summed E-state index contributed by atoms with van der Waals surface area (Å²) >= 11 is 11.8. The zero-order valence-electron chi connectivity index (χ0n) is 12.1. The van der Waals surface area contributed by atoms with E-state index in [1.807, 2.05) is 4.90 Å². The minimum atomic E-state index is -0.0577. The Morgan fingerprint density at radius 3 is 2.27 bits per heavy atom. The van der Waals surface area contributed by atoms with Crippen LogP contribution in [0.5, 0.6) is 0 Å². The van der Waals surface area contributed by atoms with Gasteiger partial charge in [-0.05, 0) is 43.9 Å². The topological polar surface area (TPSA) is 49.4 Å². The van der Waals surface area contributed by atoms with E-state index in [1.165, 1.54) is 0 Å². The maximum atomic E-state index is 12.3. The van der Waals surface area contributed by atoms with Crippen LogP contribution in [0, 0.1) is 11.8 Å². The number of piperidine rings is 1. The van der Waals surface area contributed by atoms with Gasteiger partial charge >= 0.3 is 0 Å². The second-order valence-corrected chi connectivity index (χ2v) is 6.81. The van der Waals surface area contributed by atoms with Crippen LogP contribution in [-0.2, 0) is 9.59 Å². The number of carbonyl (C=O) groups excluding carboxylic acids is 2. The molecule has 1 aliphatic heterocycles. The van der Waals surface area contributed by atoms with Crippen molar-refractivity contribution in [1.29, 1.82) is 0 Å². The second kappa shape index (κ2) is 6.47. The number of hydrogen-bond donors (Lipinski definition) is 1. The van der Waals surface area contributed by atoms with Crippen LogP contribution in [0.4, 0.5) is 5.69 Å². The van der Waals surface area contributed by atoms with E-state index in [1.54, 1.807) is 18.2 Å². The summed E-state index contributed by atoms with van der Waals surface area (Å²) in [6, 6.07) is 5.04. The average Bonchev–Trinajstić information content (AvgIpc) is 3.35. The fourth-order valence-electron chi connectivity index (χ4n) is 2.77. The van der Waals surface area contributed by atoms with Gasteiger partial charge in [0, 0.05) is 30.6 Å². The highest BCUT2D eigenvalue weighted by molar-refractivity contribution is 6.42. The molecule has 0 aromatic heterocycles. The van der Waals surface area contributed by atoms with Gasteiger partial charge < -0.3 is 10.2 Å². The van der Waals surface area contributed by atoms with E-state index in [4.69, 9.17) is 23.2 Å². The van der Waals surface area contributed by atoms with Crippen LogP contribution in [-0.4, -0.2) is 29.8 Å². The van der Waals surface area contributed by atoms with Crippen molar-refractivity contribution in [3.05, 3.63) is 28.2 Å². The molecule has 1 heterocycles. The lowest BCUT2D eigenvalue weighted by Gasteiger charge is -2.31. The van der Waals surface area contributed by atoms with Gasteiger partial charge in [0.05, 0.1) is 10.0 Å². The molecule has 1 saturated heterocycles. The lowest BCUT2D eigenvalue weighted by molar-refractivity contribution is -0.135. The lowest BCUT2D eigenvalue weighted by atomic mass is 9.95. The van der Waals surface area contributed by atoms with Crippen LogP contribution in [0.1, 0.15) is 25.7 Å². The molecule has 1 saturated carbocycles. The maximum Gasteiger partial charge on any atom is 0.227 e. The first kappa shape index (κ1) is 15.6. The van der Waals surface area contributed by atoms with Gasteiger partial charge in [0.25, 0.3) is 0 Å². The lowest BCUT2D eigenvalue weighted by Crippen LogP contribution is -2.42. The Balaban J connectivity index is 1.53. The molecule has 1 aliphatic carbocycles. The van der Waals surface area contributed by atoms with Gasteiger partial charge in [-0.1, -0.05) is 23.2 Å². The molecule has 1 aromatic carbocycles. The summed E-state index contributed by atoms with van der Waals surface area (Å²) in [5, 5.41) is 3.76. The summed E-state index contributed by atoms with van der Waals surface area (Å²) in [6.45, 7) is 1.35. The zero-order chi connectivity index (χ0) is 15.7. The molecule has 1 N–H and O–H groups in total. The zero-order valence-corrected chi connectivity index (χ0v) is 13.7. The molecule has 0 radical (unpaired) electrons. The Hall–Kier alpha value is -1.26. The number of carbonyl (C=O) groups is 2. The number of hydrogen-bond acceptors (Lipinski definition) is 2. The summed E-state index contributed by atoms with van der Waals surface area (Å²) in [5.74, 6) is 0.444. The van der Waals surface area contributed by atoms with Crippen molar-refractivity contribution in [2.75, 3.05) is 18.4 Å². The van der Waals surface area contributed by atoms with E-state index in [0.717, 1.165) is 12.8 Å². The van der Waals surface area contributed by atoms with Crippen LogP contribution in [0.15, 0.2) is 18.2 Å². The largest absolute Gasteiger partial charge is 0.342 e. The van der Waals surface area contributed by atoms with Crippen molar-refractivity contribution in [2.45, 2.75) is 25.7 Å². The first-order chi connectivity index (χ1) is 10.5. The molecule has 6 heteroatoms. The van der Waals surface area contributed by atoms with Gasteiger partial charge in [0.15, 0.2) is 0 Å². The van der Waals surface area contributed by atoms with Gasteiger partial charge in [-0.3, -0.25) is 9.59 Å². The summed E-state index contributed by atoms with van der Waals surface area (Å²) < 4.78 is 0. The first-order valence-corrected chi connectivity index (χ1v) is 8.35. The molecule has 2 aliphatic rings. The molecule has 0 unspecified atom stereocenters. The van der Waals surface area contributed by atoms with E-state index < -0.39 is 0 Å². The van der Waals surface area contributed by atoms with Gasteiger partial charge in [0.2, 0.25) is 11.8 Å². The van der Waals surface area contributed by atoms with Crippen LogP contribution < -0.4 is 5.32 Å². The quantitative estimate of drug-likeness (QED) is 0.914. The predicted molar refractivity (Wildman–Crippen MR) is 87.1 cm³/mol. The van der Waals surface area contributed by atoms with E-state index >= 15 is 0 Å². The predicted octanol–water partition coefficient (Wildman–Crippen LogP) is 3.58. The molecule has 2 fully saturated rings. The fourth-order valence-corrected chi connectivity index (χ4v) is 3.07. The Morgan fingerprint density at radius 1 is 1.00 bits per heavy atom. The highest BCUT2D eigenvalue weighted by Crippen LogP contribution is 2.32. The van der Waals surface area contributed by atoms with Gasteiger partial charge in [-0.2, -0.15) is 0 Å². The van der Waals surface area contributed by atoms with E-state index in [-0.39, 0.29) is 23.7 Å². The second-order valence-electron chi connectivity index (χ2n) is 5.99. The molecular weight excluding hydrogens is 323 g/mol. The molecule has 3 rings (SSSR count). The van der Waals surface area contributed by atoms with Crippen molar-refractivity contribution in [3.63, 3.8) is 0 Å². The summed E-state index contributed by atoms with van der Waals surface area (Å²) in [6.07, 6.45) is 3.48. The number of benzene rings is 1. The maximum absolute atomic E-state index is 12.3. The number of likely N-dealkylation sites (tertiary alicyclic amines) is 1. The molecule has 0 atom stereocenters. The Labute approximate surface area is 139 Å². The molecule has 4 nitrogen and oxygen atoms in total. The molecular formula is C16H18Cl2N2O2. The van der Waals surface area contributed by atoms with Crippen LogP contribution in [0.2, 0.25) is 10.0 Å². The standard InChI is InChI=1S/C16H18Cl2N2O2/c17-13-4-3-12(9-14(13)18)19-15(21)10-5-7-20(8-6-10)16(22)11-1-2-11/h3-4,9-11H,1-2,5-8H2,(H,19,21). The number of amides is 2. The van der Waals surface area contributed by atoms with E-state index in [9.17, 15) is 9.59 Å². The van der Waals surface area contributed by atoms with Crippen molar-refractivity contribution in [2.24, 2.45) is 11.8 Å². The normalized spacial score (nSPS) is 19.1. The Morgan fingerprint density at radius 2 is 1.68 bits per heavy atom. The summed E-state index contributed by atoms with van der Waals surface area (Å²) in [7, 11) is 0. The van der Waals surface area contributed by atoms with Crippen molar-refractivity contribution in [1.82, 2.24) is 4.90 Å². The van der Waals surface area contributed by atoms with E-state index in [0.29, 0.717) is 41.7 Å². The molecule has 0 bridgehead atoms. The minimum absolute atomic E-state index is 0.0167.